The average Bonchev–Trinajstić information content (AvgIpc) is 2.25. The van der Waals surface area contributed by atoms with Crippen LogP contribution in [-0.2, 0) is 0 Å². The smallest absolute Gasteiger partial charge is 0.163 e. The molecule has 1 N–H and O–H groups in total. The Hall–Kier alpha value is -1.77. The summed E-state index contributed by atoms with van der Waals surface area (Å²) in [6, 6.07) is 7.62. The summed E-state index contributed by atoms with van der Waals surface area (Å²) in [7, 11) is 0. The lowest BCUT2D eigenvalue weighted by Crippen LogP contribution is -1.99. The summed E-state index contributed by atoms with van der Waals surface area (Å²) in [6.07, 6.45) is 3.14. The van der Waals surface area contributed by atoms with E-state index in [0.717, 1.165) is 10.9 Å². The summed E-state index contributed by atoms with van der Waals surface area (Å²) in [5.74, 6) is 0. The zero-order valence-electron chi connectivity index (χ0n) is 6.36. The number of nitrogens with zero attached hydrogens (tertiary/aromatic N) is 2. The van der Waals surface area contributed by atoms with Crippen molar-refractivity contribution in [3.8, 4) is 0 Å². The number of hydrogen-bond acceptors (Lipinski definition) is 3. The largest absolute Gasteiger partial charge is 0.282 e. The van der Waals surface area contributed by atoms with E-state index in [4.69, 9.17) is 5.41 Å². The zero-order chi connectivity index (χ0) is 8.39. The number of para-hydroxylation sites is 1. The van der Waals surface area contributed by atoms with Gasteiger partial charge in [-0.1, -0.05) is 18.2 Å². The van der Waals surface area contributed by atoms with Crippen LogP contribution in [0, 0.1) is 5.41 Å². The lowest BCUT2D eigenvalue weighted by molar-refractivity contribution is 1.11. The van der Waals surface area contributed by atoms with Crippen LogP contribution in [0.4, 0.5) is 0 Å². The van der Waals surface area contributed by atoms with Crippen molar-refractivity contribution < 1.29 is 0 Å². The molecule has 3 heteroatoms. The van der Waals surface area contributed by atoms with E-state index in [2.05, 4.69) is 9.97 Å². The highest BCUT2D eigenvalue weighted by atomic mass is 14.8. The molecule has 0 aliphatic carbocycles. The van der Waals surface area contributed by atoms with E-state index < -0.39 is 0 Å². The molecule has 1 aromatic carbocycles. The first-order valence-electron chi connectivity index (χ1n) is 3.62. The Morgan fingerprint density at radius 1 is 1.08 bits per heavy atom. The summed E-state index contributed by atoms with van der Waals surface area (Å²) < 4.78 is 0. The Morgan fingerprint density at radius 3 is 2.83 bits per heavy atom. The standard InChI is InChI=1S/C9H7N3/c10-9-6-11-5-7-3-1-2-4-8(7)12-9/h1-6,10H. The third kappa shape index (κ3) is 1.16. The number of hydrogen-bond donors (Lipinski definition) is 1. The van der Waals surface area contributed by atoms with Crippen molar-refractivity contribution in [1.29, 1.82) is 5.41 Å². The second kappa shape index (κ2) is 2.70. The second-order valence-electron chi connectivity index (χ2n) is 2.46. The molecule has 2 aromatic rings. The number of rotatable bonds is 0. The summed E-state index contributed by atoms with van der Waals surface area (Å²) >= 11 is 0. The van der Waals surface area contributed by atoms with Crippen molar-refractivity contribution in [1.82, 2.24) is 9.97 Å². The minimum absolute atomic E-state index is 0.191. The predicted molar refractivity (Wildman–Crippen MR) is 45.4 cm³/mol. The normalized spacial score (nSPS) is 10.0. The molecule has 0 aliphatic rings. The molecule has 0 saturated heterocycles. The Kier molecular flexibility index (Phi) is 1.55. The maximum Gasteiger partial charge on any atom is 0.163 e. The highest BCUT2D eigenvalue weighted by Crippen LogP contribution is 2.04. The molecule has 0 atom stereocenters. The minimum atomic E-state index is 0.191. The van der Waals surface area contributed by atoms with Crippen molar-refractivity contribution in [2.75, 3.05) is 0 Å². The fraction of sp³-hybridized carbons (Fsp3) is 0. The molecule has 0 saturated carbocycles. The van der Waals surface area contributed by atoms with Crippen LogP contribution >= 0.6 is 0 Å². The van der Waals surface area contributed by atoms with Gasteiger partial charge in [0.2, 0.25) is 0 Å². The first-order chi connectivity index (χ1) is 5.86. The van der Waals surface area contributed by atoms with E-state index in [1.165, 1.54) is 6.20 Å². The molecule has 0 bridgehead atoms. The van der Waals surface area contributed by atoms with Gasteiger partial charge in [-0.3, -0.25) is 10.4 Å². The van der Waals surface area contributed by atoms with Gasteiger partial charge in [-0.25, -0.2) is 4.98 Å². The maximum atomic E-state index is 7.32. The van der Waals surface area contributed by atoms with E-state index in [1.807, 2.05) is 24.3 Å². The van der Waals surface area contributed by atoms with Gasteiger partial charge >= 0.3 is 0 Å². The molecule has 1 aromatic heterocycles. The molecular formula is C9H7N3. The van der Waals surface area contributed by atoms with Gasteiger partial charge in [-0.2, -0.15) is 0 Å². The van der Waals surface area contributed by atoms with Crippen LogP contribution in [0.3, 0.4) is 0 Å². The summed E-state index contributed by atoms with van der Waals surface area (Å²) in [6.45, 7) is 0. The molecule has 58 valence electrons. The topological polar surface area (TPSA) is 49.6 Å². The van der Waals surface area contributed by atoms with Gasteiger partial charge in [-0.15, -0.1) is 0 Å². The number of benzene rings is 1. The van der Waals surface area contributed by atoms with Gasteiger partial charge in [0.05, 0.1) is 11.7 Å². The van der Waals surface area contributed by atoms with Crippen molar-refractivity contribution in [2.24, 2.45) is 0 Å². The third-order valence-electron chi connectivity index (χ3n) is 1.59. The predicted octanol–water partition coefficient (Wildman–Crippen LogP) is 1.11. The molecule has 1 heterocycles. The van der Waals surface area contributed by atoms with E-state index in [9.17, 15) is 0 Å². The Balaban J connectivity index is 2.98. The lowest BCUT2D eigenvalue weighted by Gasteiger charge is -1.85. The highest BCUT2D eigenvalue weighted by molar-refractivity contribution is 5.76. The minimum Gasteiger partial charge on any atom is -0.282 e. The van der Waals surface area contributed by atoms with Gasteiger partial charge in [0.1, 0.15) is 0 Å². The first-order valence-corrected chi connectivity index (χ1v) is 3.62. The molecule has 12 heavy (non-hydrogen) atoms. The number of fused-ring (bicyclic) bond motifs is 1. The van der Waals surface area contributed by atoms with Crippen molar-refractivity contribution >= 4 is 10.9 Å². The fourth-order valence-corrected chi connectivity index (χ4v) is 1.05. The molecule has 2 rings (SSSR count). The Morgan fingerprint density at radius 2 is 1.92 bits per heavy atom. The number of nitrogens with one attached hydrogen (secondary N) is 1. The molecule has 0 fully saturated rings. The second-order valence-corrected chi connectivity index (χ2v) is 2.46. The molecule has 0 aliphatic heterocycles. The third-order valence-corrected chi connectivity index (χ3v) is 1.59. The molecule has 0 spiro atoms. The zero-order valence-corrected chi connectivity index (χ0v) is 6.36. The highest BCUT2D eigenvalue weighted by Gasteiger charge is 1.88. The lowest BCUT2D eigenvalue weighted by atomic mass is 10.2. The molecule has 3 nitrogen and oxygen atoms in total. The van der Waals surface area contributed by atoms with Crippen molar-refractivity contribution in [3.63, 3.8) is 0 Å². The van der Waals surface area contributed by atoms with Crippen LogP contribution in [0.5, 0.6) is 0 Å². The first kappa shape index (κ1) is 6.91. The van der Waals surface area contributed by atoms with Crippen LogP contribution in [0.2, 0.25) is 0 Å². The average molecular weight is 157 g/mol. The van der Waals surface area contributed by atoms with Crippen LogP contribution < -0.4 is 5.49 Å². The molecule has 0 unspecified atom stereocenters. The molecule has 0 radical (unpaired) electrons. The quantitative estimate of drug-likeness (QED) is 0.622. The van der Waals surface area contributed by atoms with Gasteiger partial charge in [0.15, 0.2) is 5.49 Å². The molecular weight excluding hydrogens is 150 g/mol. The Bertz CT molecular complexity index is 465. The van der Waals surface area contributed by atoms with Gasteiger partial charge < -0.3 is 0 Å². The van der Waals surface area contributed by atoms with Gasteiger partial charge in [0, 0.05) is 11.6 Å². The van der Waals surface area contributed by atoms with Crippen LogP contribution in [0.25, 0.3) is 10.9 Å². The van der Waals surface area contributed by atoms with E-state index in [0.29, 0.717) is 0 Å². The van der Waals surface area contributed by atoms with Gasteiger partial charge in [0.25, 0.3) is 0 Å². The van der Waals surface area contributed by atoms with Crippen molar-refractivity contribution in [3.05, 3.63) is 42.1 Å². The van der Waals surface area contributed by atoms with Crippen LogP contribution in [0.1, 0.15) is 0 Å². The Labute approximate surface area is 69.2 Å². The number of aromatic nitrogens is 2. The van der Waals surface area contributed by atoms with E-state index >= 15 is 0 Å². The van der Waals surface area contributed by atoms with Crippen molar-refractivity contribution in [2.45, 2.75) is 0 Å². The SMILES string of the molecule is N=c1cncc2ccccc2n1. The molecule has 0 amide bonds. The summed E-state index contributed by atoms with van der Waals surface area (Å²) in [5.41, 5.74) is 0.996. The summed E-state index contributed by atoms with van der Waals surface area (Å²) in [4.78, 5) is 7.97. The maximum absolute atomic E-state index is 7.32. The monoisotopic (exact) mass is 157 g/mol. The fourth-order valence-electron chi connectivity index (χ4n) is 1.05. The van der Waals surface area contributed by atoms with Gasteiger partial charge in [-0.05, 0) is 6.07 Å². The summed E-state index contributed by atoms with van der Waals surface area (Å²) in [5, 5.41) is 8.28. The van der Waals surface area contributed by atoms with E-state index in [-0.39, 0.29) is 5.49 Å². The van der Waals surface area contributed by atoms with Crippen LogP contribution in [0.15, 0.2) is 36.7 Å². The van der Waals surface area contributed by atoms with E-state index in [1.54, 1.807) is 6.20 Å². The van der Waals surface area contributed by atoms with Crippen LogP contribution in [-0.4, -0.2) is 9.97 Å².